The zero-order valence-electron chi connectivity index (χ0n) is 8.01. The van der Waals surface area contributed by atoms with E-state index in [1.165, 1.54) is 0 Å². The molecule has 0 aromatic heterocycles. The van der Waals surface area contributed by atoms with Crippen LogP contribution in [0, 0.1) is 11.3 Å². The number of amides is 1. The second-order valence-electron chi connectivity index (χ2n) is 3.00. The normalized spacial score (nSPS) is 11.1. The van der Waals surface area contributed by atoms with Crippen LogP contribution in [0.25, 0.3) is 0 Å². The number of nitriles is 1. The number of aldehydes is 1. The lowest BCUT2D eigenvalue weighted by Crippen LogP contribution is -2.31. The van der Waals surface area contributed by atoms with Gasteiger partial charge in [0.2, 0.25) is 6.41 Å². The molecule has 1 N–H and O–H groups in total. The topological polar surface area (TPSA) is 70.0 Å². The standard InChI is InChI=1S/C11H10N2O2/c12-6-10-4-2-1-3-9(10)5-11(7-14)13-8-15/h1-4,7-8,11H,5H2,(H,13,15). The minimum atomic E-state index is -0.572. The van der Waals surface area contributed by atoms with E-state index in [0.29, 0.717) is 24.7 Å². The summed E-state index contributed by atoms with van der Waals surface area (Å²) in [6, 6.07) is 8.45. The first-order chi connectivity index (χ1) is 7.31. The number of carbonyl (C=O) groups is 2. The quantitative estimate of drug-likeness (QED) is 0.703. The van der Waals surface area contributed by atoms with Gasteiger partial charge in [-0.15, -0.1) is 0 Å². The van der Waals surface area contributed by atoms with Gasteiger partial charge in [-0.25, -0.2) is 0 Å². The molecule has 0 radical (unpaired) electrons. The molecule has 1 aromatic carbocycles. The van der Waals surface area contributed by atoms with E-state index in [9.17, 15) is 9.59 Å². The van der Waals surface area contributed by atoms with E-state index in [4.69, 9.17) is 5.26 Å². The number of benzene rings is 1. The van der Waals surface area contributed by atoms with Gasteiger partial charge in [-0.2, -0.15) is 5.26 Å². The molecule has 1 rings (SSSR count). The van der Waals surface area contributed by atoms with Gasteiger partial charge in [-0.05, 0) is 11.6 Å². The van der Waals surface area contributed by atoms with Crippen molar-refractivity contribution in [3.05, 3.63) is 35.4 Å². The van der Waals surface area contributed by atoms with Crippen LogP contribution >= 0.6 is 0 Å². The van der Waals surface area contributed by atoms with Crippen LogP contribution < -0.4 is 5.32 Å². The second-order valence-corrected chi connectivity index (χ2v) is 3.00. The summed E-state index contributed by atoms with van der Waals surface area (Å²) < 4.78 is 0. The van der Waals surface area contributed by atoms with Crippen LogP contribution in [0.15, 0.2) is 24.3 Å². The number of nitrogens with one attached hydrogen (secondary N) is 1. The van der Waals surface area contributed by atoms with Crippen molar-refractivity contribution in [3.63, 3.8) is 0 Å². The van der Waals surface area contributed by atoms with Crippen LogP contribution in [0.5, 0.6) is 0 Å². The lowest BCUT2D eigenvalue weighted by molar-refractivity contribution is -0.115. The van der Waals surface area contributed by atoms with Crippen molar-refractivity contribution in [2.75, 3.05) is 0 Å². The Hall–Kier alpha value is -2.15. The van der Waals surface area contributed by atoms with Crippen molar-refractivity contribution in [2.24, 2.45) is 0 Å². The highest BCUT2D eigenvalue weighted by Gasteiger charge is 2.09. The van der Waals surface area contributed by atoms with Gasteiger partial charge < -0.3 is 10.1 Å². The number of hydrogen-bond donors (Lipinski definition) is 1. The summed E-state index contributed by atoms with van der Waals surface area (Å²) in [6.45, 7) is 0. The molecule has 0 saturated heterocycles. The van der Waals surface area contributed by atoms with Crippen LogP contribution in [0.1, 0.15) is 11.1 Å². The van der Waals surface area contributed by atoms with Crippen LogP contribution in [0.3, 0.4) is 0 Å². The molecule has 0 saturated carbocycles. The Morgan fingerprint density at radius 1 is 1.40 bits per heavy atom. The van der Waals surface area contributed by atoms with Gasteiger partial charge in [0.25, 0.3) is 0 Å². The fourth-order valence-corrected chi connectivity index (χ4v) is 1.28. The van der Waals surface area contributed by atoms with Crippen molar-refractivity contribution >= 4 is 12.7 Å². The third kappa shape index (κ3) is 2.92. The molecule has 0 aliphatic heterocycles. The molecule has 1 atom stereocenters. The molecule has 4 heteroatoms. The van der Waals surface area contributed by atoms with E-state index in [2.05, 4.69) is 5.32 Å². The predicted molar refractivity (Wildman–Crippen MR) is 53.9 cm³/mol. The Kier molecular flexibility index (Phi) is 4.05. The Bertz CT molecular complexity index is 396. The maximum Gasteiger partial charge on any atom is 0.207 e. The minimum absolute atomic E-state index is 0.339. The second kappa shape index (κ2) is 5.55. The number of nitrogens with zero attached hydrogens (tertiary/aromatic N) is 1. The van der Waals surface area contributed by atoms with Gasteiger partial charge in [0.15, 0.2) is 0 Å². The largest absolute Gasteiger partial charge is 0.349 e. The first-order valence-electron chi connectivity index (χ1n) is 4.44. The number of hydrogen-bond acceptors (Lipinski definition) is 3. The van der Waals surface area contributed by atoms with Gasteiger partial charge in [0.05, 0.1) is 17.7 Å². The average molecular weight is 202 g/mol. The lowest BCUT2D eigenvalue weighted by Gasteiger charge is -2.09. The Morgan fingerprint density at radius 3 is 2.73 bits per heavy atom. The highest BCUT2D eigenvalue weighted by atomic mass is 16.1. The first kappa shape index (κ1) is 10.9. The molecule has 0 bridgehead atoms. The fraction of sp³-hybridized carbons (Fsp3) is 0.182. The minimum Gasteiger partial charge on any atom is -0.349 e. The SMILES string of the molecule is N#Cc1ccccc1CC(C=O)NC=O. The average Bonchev–Trinajstić information content (AvgIpc) is 2.29. The maximum absolute atomic E-state index is 10.6. The smallest absolute Gasteiger partial charge is 0.207 e. The molecule has 0 aliphatic carbocycles. The predicted octanol–water partition coefficient (Wildman–Crippen LogP) is 0.414. The van der Waals surface area contributed by atoms with E-state index >= 15 is 0 Å². The van der Waals surface area contributed by atoms with Gasteiger partial charge >= 0.3 is 0 Å². The Morgan fingerprint density at radius 2 is 2.13 bits per heavy atom. The molecule has 0 heterocycles. The molecule has 15 heavy (non-hydrogen) atoms. The molecular weight excluding hydrogens is 192 g/mol. The molecule has 0 aliphatic rings. The molecule has 1 aromatic rings. The summed E-state index contributed by atoms with van der Waals surface area (Å²) in [5.41, 5.74) is 1.28. The van der Waals surface area contributed by atoms with Crippen molar-refractivity contribution in [2.45, 2.75) is 12.5 Å². The number of carbonyl (C=O) groups excluding carboxylic acids is 2. The highest BCUT2D eigenvalue weighted by Crippen LogP contribution is 2.09. The van der Waals surface area contributed by atoms with Crippen LogP contribution in [0.2, 0.25) is 0 Å². The molecule has 0 spiro atoms. The van der Waals surface area contributed by atoms with E-state index in [1.807, 2.05) is 6.07 Å². The third-order valence-electron chi connectivity index (χ3n) is 2.02. The summed E-state index contributed by atoms with van der Waals surface area (Å²) in [5.74, 6) is 0. The molecule has 76 valence electrons. The van der Waals surface area contributed by atoms with E-state index < -0.39 is 6.04 Å². The Labute approximate surface area is 87.5 Å². The maximum atomic E-state index is 10.6. The Balaban J connectivity index is 2.83. The number of rotatable bonds is 5. The summed E-state index contributed by atoms with van der Waals surface area (Å²) in [7, 11) is 0. The summed E-state index contributed by atoms with van der Waals surface area (Å²) in [5, 5.41) is 11.2. The van der Waals surface area contributed by atoms with Crippen molar-refractivity contribution in [1.82, 2.24) is 5.32 Å². The van der Waals surface area contributed by atoms with E-state index in [-0.39, 0.29) is 0 Å². The van der Waals surface area contributed by atoms with Crippen molar-refractivity contribution in [1.29, 1.82) is 5.26 Å². The molecule has 4 nitrogen and oxygen atoms in total. The van der Waals surface area contributed by atoms with Crippen LogP contribution in [0.4, 0.5) is 0 Å². The summed E-state index contributed by atoms with van der Waals surface area (Å²) in [4.78, 5) is 20.8. The molecule has 1 unspecified atom stereocenters. The first-order valence-corrected chi connectivity index (χ1v) is 4.44. The monoisotopic (exact) mass is 202 g/mol. The van der Waals surface area contributed by atoms with Gasteiger partial charge in [-0.1, -0.05) is 18.2 Å². The van der Waals surface area contributed by atoms with Gasteiger partial charge in [0.1, 0.15) is 6.29 Å². The van der Waals surface area contributed by atoms with Crippen molar-refractivity contribution in [3.8, 4) is 6.07 Å². The summed E-state index contributed by atoms with van der Waals surface area (Å²) >= 11 is 0. The van der Waals surface area contributed by atoms with Gasteiger partial charge in [-0.3, -0.25) is 4.79 Å². The molecule has 0 fully saturated rings. The highest BCUT2D eigenvalue weighted by molar-refractivity contribution is 5.64. The fourth-order valence-electron chi connectivity index (χ4n) is 1.28. The molecule has 1 amide bonds. The van der Waals surface area contributed by atoms with Crippen molar-refractivity contribution < 1.29 is 9.59 Å². The zero-order valence-corrected chi connectivity index (χ0v) is 8.01. The van der Waals surface area contributed by atoms with Crippen LogP contribution in [-0.2, 0) is 16.0 Å². The zero-order chi connectivity index (χ0) is 11.1. The lowest BCUT2D eigenvalue weighted by atomic mass is 10.0. The van der Waals surface area contributed by atoms with Gasteiger partial charge in [0, 0.05) is 6.42 Å². The summed E-state index contributed by atoms with van der Waals surface area (Å²) in [6.07, 6.45) is 1.47. The van der Waals surface area contributed by atoms with E-state index in [1.54, 1.807) is 24.3 Å². The third-order valence-corrected chi connectivity index (χ3v) is 2.02. The molecular formula is C11H10N2O2. The van der Waals surface area contributed by atoms with E-state index in [0.717, 1.165) is 5.56 Å². The van der Waals surface area contributed by atoms with Crippen LogP contribution in [-0.4, -0.2) is 18.7 Å².